The lowest BCUT2D eigenvalue weighted by Crippen LogP contribution is -2.32. The van der Waals surface area contributed by atoms with Crippen LogP contribution >= 0.6 is 15.9 Å². The minimum absolute atomic E-state index is 0.0978. The van der Waals surface area contributed by atoms with Crippen molar-refractivity contribution in [3.05, 3.63) is 22.7 Å². The quantitative estimate of drug-likeness (QED) is 0.793. The van der Waals surface area contributed by atoms with Crippen LogP contribution in [0.1, 0.15) is 26.2 Å². The average molecular weight is 376 g/mol. The Hall–Kier alpha value is -1.08. The number of methoxy groups -OCH3 is 1. The van der Waals surface area contributed by atoms with Gasteiger partial charge >= 0.3 is 0 Å². The van der Waals surface area contributed by atoms with Crippen molar-refractivity contribution in [2.75, 3.05) is 13.7 Å². The van der Waals surface area contributed by atoms with E-state index >= 15 is 0 Å². The summed E-state index contributed by atoms with van der Waals surface area (Å²) in [5.74, 6) is 0.352. The minimum Gasteiger partial charge on any atom is -0.496 e. The van der Waals surface area contributed by atoms with Gasteiger partial charge in [0.25, 0.3) is 10.0 Å². The van der Waals surface area contributed by atoms with Crippen LogP contribution < -0.4 is 4.74 Å². The maximum atomic E-state index is 12.6. The lowest BCUT2D eigenvalue weighted by Gasteiger charge is -2.17. The highest BCUT2D eigenvalue weighted by molar-refractivity contribution is 9.10. The summed E-state index contributed by atoms with van der Waals surface area (Å²) in [4.78, 5) is 12.1. The molecule has 1 amide bonds. The number of carbonyl (C=O) groups excluding carboxylic acids is 1. The van der Waals surface area contributed by atoms with Crippen LogP contribution in [0.3, 0.4) is 0 Å². The lowest BCUT2D eigenvalue weighted by molar-refractivity contribution is -0.123. The van der Waals surface area contributed by atoms with E-state index in [1.807, 2.05) is 6.92 Å². The van der Waals surface area contributed by atoms with E-state index in [2.05, 4.69) is 15.9 Å². The Morgan fingerprint density at radius 2 is 2.14 bits per heavy atom. The van der Waals surface area contributed by atoms with E-state index < -0.39 is 10.0 Å². The Bertz CT molecular complexity index is 644. The summed E-state index contributed by atoms with van der Waals surface area (Å²) in [6, 6.07) is 4.50. The van der Waals surface area contributed by atoms with Crippen LogP contribution in [0.25, 0.3) is 0 Å². The van der Waals surface area contributed by atoms with E-state index in [9.17, 15) is 13.2 Å². The number of hydrogen-bond acceptors (Lipinski definition) is 4. The first-order chi connectivity index (χ1) is 9.90. The topological polar surface area (TPSA) is 63.7 Å². The number of hydrogen-bond donors (Lipinski definition) is 0. The Balaban J connectivity index is 2.30. The number of carbonyl (C=O) groups is 1. The van der Waals surface area contributed by atoms with Gasteiger partial charge in [-0.15, -0.1) is 0 Å². The molecule has 1 aromatic carbocycles. The molecule has 1 aromatic rings. The van der Waals surface area contributed by atoms with Gasteiger partial charge in [0.15, 0.2) is 0 Å². The zero-order valence-corrected chi connectivity index (χ0v) is 14.4. The highest BCUT2D eigenvalue weighted by Crippen LogP contribution is 2.32. The molecule has 1 fully saturated rings. The highest BCUT2D eigenvalue weighted by Gasteiger charge is 2.38. The Labute approximate surface area is 133 Å². The lowest BCUT2D eigenvalue weighted by atomic mass is 10.0. The van der Waals surface area contributed by atoms with Gasteiger partial charge in [0.1, 0.15) is 5.75 Å². The molecular weight excluding hydrogens is 358 g/mol. The molecule has 21 heavy (non-hydrogen) atoms. The van der Waals surface area contributed by atoms with Gasteiger partial charge in [-0.2, -0.15) is 0 Å². The second-order valence-electron chi connectivity index (χ2n) is 5.09. The zero-order chi connectivity index (χ0) is 15.6. The second kappa shape index (κ2) is 6.36. The van der Waals surface area contributed by atoms with Gasteiger partial charge in [0.2, 0.25) is 5.91 Å². The maximum Gasteiger partial charge on any atom is 0.266 e. The largest absolute Gasteiger partial charge is 0.496 e. The number of sulfonamides is 1. The number of rotatable bonds is 5. The molecule has 0 spiro atoms. The summed E-state index contributed by atoms with van der Waals surface area (Å²) in [7, 11) is -2.28. The van der Waals surface area contributed by atoms with E-state index in [1.54, 1.807) is 6.07 Å². The second-order valence-corrected chi connectivity index (χ2v) is 7.80. The zero-order valence-electron chi connectivity index (χ0n) is 12.0. The molecule has 0 N–H and O–H groups in total. The molecule has 1 aliphatic heterocycles. The number of benzene rings is 1. The van der Waals surface area contributed by atoms with Gasteiger partial charge in [0, 0.05) is 13.0 Å². The predicted molar refractivity (Wildman–Crippen MR) is 82.6 cm³/mol. The first-order valence-corrected chi connectivity index (χ1v) is 9.02. The first kappa shape index (κ1) is 16.3. The first-order valence-electron chi connectivity index (χ1n) is 6.79. The maximum absolute atomic E-state index is 12.6. The van der Waals surface area contributed by atoms with Gasteiger partial charge in [-0.25, -0.2) is 12.7 Å². The van der Waals surface area contributed by atoms with E-state index in [0.29, 0.717) is 16.6 Å². The van der Waals surface area contributed by atoms with Crippen LogP contribution in [0, 0.1) is 5.92 Å². The molecule has 1 unspecified atom stereocenters. The van der Waals surface area contributed by atoms with E-state index in [4.69, 9.17) is 4.74 Å². The van der Waals surface area contributed by atoms with Gasteiger partial charge in [0.05, 0.1) is 16.5 Å². The summed E-state index contributed by atoms with van der Waals surface area (Å²) in [5.41, 5.74) is 0. The molecule has 116 valence electrons. The Morgan fingerprint density at radius 1 is 1.43 bits per heavy atom. The van der Waals surface area contributed by atoms with E-state index in [1.165, 1.54) is 19.2 Å². The summed E-state index contributed by atoms with van der Waals surface area (Å²) < 4.78 is 31.8. The summed E-state index contributed by atoms with van der Waals surface area (Å²) in [6.07, 6.45) is 2.12. The summed E-state index contributed by atoms with van der Waals surface area (Å²) in [5, 5.41) is 0. The van der Waals surface area contributed by atoms with E-state index in [-0.39, 0.29) is 23.3 Å². The third-order valence-electron chi connectivity index (χ3n) is 3.57. The van der Waals surface area contributed by atoms with Crippen LogP contribution in [0.4, 0.5) is 0 Å². The molecule has 1 aliphatic rings. The standard InChI is InChI=1S/C14H18BrNO4S/c1-3-4-10-7-14(17)16(9-10)21(18,19)11-5-6-13(20-2)12(15)8-11/h5-6,8,10H,3-4,7,9H2,1-2H3. The molecule has 0 saturated carbocycles. The van der Waals surface area contributed by atoms with Gasteiger partial charge in [-0.05, 0) is 46.5 Å². The van der Waals surface area contributed by atoms with Crippen LogP contribution in [0.5, 0.6) is 5.75 Å². The molecule has 5 nitrogen and oxygen atoms in total. The van der Waals surface area contributed by atoms with Gasteiger partial charge < -0.3 is 4.74 Å². The fraction of sp³-hybridized carbons (Fsp3) is 0.500. The highest BCUT2D eigenvalue weighted by atomic mass is 79.9. The molecule has 0 bridgehead atoms. The molecule has 2 rings (SSSR count). The Morgan fingerprint density at radius 3 is 2.71 bits per heavy atom. The van der Waals surface area contributed by atoms with Gasteiger partial charge in [-0.3, -0.25) is 4.79 Å². The molecular formula is C14H18BrNO4S. The monoisotopic (exact) mass is 375 g/mol. The van der Waals surface area contributed by atoms with Crippen molar-refractivity contribution >= 4 is 31.9 Å². The predicted octanol–water partition coefficient (Wildman–Crippen LogP) is 2.80. The molecule has 1 heterocycles. The molecule has 0 radical (unpaired) electrons. The number of amides is 1. The molecule has 0 aromatic heterocycles. The van der Waals surface area contributed by atoms with Crippen molar-refractivity contribution in [3.8, 4) is 5.75 Å². The smallest absolute Gasteiger partial charge is 0.266 e. The molecule has 7 heteroatoms. The van der Waals surface area contributed by atoms with Gasteiger partial charge in [-0.1, -0.05) is 13.3 Å². The van der Waals surface area contributed by atoms with Crippen molar-refractivity contribution in [1.29, 1.82) is 0 Å². The van der Waals surface area contributed by atoms with Crippen molar-refractivity contribution in [1.82, 2.24) is 4.31 Å². The van der Waals surface area contributed by atoms with E-state index in [0.717, 1.165) is 17.1 Å². The van der Waals surface area contributed by atoms with Crippen molar-refractivity contribution in [3.63, 3.8) is 0 Å². The third-order valence-corrected chi connectivity index (χ3v) is 5.98. The normalized spacial score (nSPS) is 19.1. The van der Waals surface area contributed by atoms with Crippen LogP contribution in [0.15, 0.2) is 27.6 Å². The third kappa shape index (κ3) is 3.23. The Kier molecular flexibility index (Phi) is 4.93. The van der Waals surface area contributed by atoms with Crippen molar-refractivity contribution in [2.24, 2.45) is 5.92 Å². The minimum atomic E-state index is -3.79. The number of ether oxygens (including phenoxy) is 1. The molecule has 1 saturated heterocycles. The fourth-order valence-electron chi connectivity index (χ4n) is 2.52. The molecule has 1 atom stereocenters. The number of halogens is 1. The van der Waals surface area contributed by atoms with Crippen LogP contribution in [0.2, 0.25) is 0 Å². The number of nitrogens with zero attached hydrogens (tertiary/aromatic N) is 1. The summed E-state index contributed by atoms with van der Waals surface area (Å²) in [6.45, 7) is 2.31. The average Bonchev–Trinajstić information content (AvgIpc) is 2.80. The van der Waals surface area contributed by atoms with Crippen molar-refractivity contribution in [2.45, 2.75) is 31.1 Å². The SMILES string of the molecule is CCCC1CC(=O)N(S(=O)(=O)c2ccc(OC)c(Br)c2)C1. The molecule has 0 aliphatic carbocycles. The van der Waals surface area contributed by atoms with Crippen LogP contribution in [-0.2, 0) is 14.8 Å². The van der Waals surface area contributed by atoms with Crippen molar-refractivity contribution < 1.29 is 17.9 Å². The van der Waals surface area contributed by atoms with Crippen LogP contribution in [-0.4, -0.2) is 32.3 Å². The fourth-order valence-corrected chi connectivity index (χ4v) is 4.72. The summed E-state index contributed by atoms with van der Waals surface area (Å²) >= 11 is 3.27.